The van der Waals surface area contributed by atoms with Crippen LogP contribution in [-0.4, -0.2) is 67.9 Å². The second kappa shape index (κ2) is 8.58. The lowest BCUT2D eigenvalue weighted by Gasteiger charge is -2.31. The minimum atomic E-state index is -0.485. The molecule has 1 aromatic heterocycles. The van der Waals surface area contributed by atoms with Crippen molar-refractivity contribution in [3.05, 3.63) is 21.4 Å². The summed E-state index contributed by atoms with van der Waals surface area (Å²) in [4.78, 5) is 28.4. The third kappa shape index (κ3) is 4.80. The maximum Gasteiger partial charge on any atom is 0.314 e. The number of urea groups is 1. The maximum atomic E-state index is 13.0. The van der Waals surface area contributed by atoms with Crippen molar-refractivity contribution in [3.63, 3.8) is 0 Å². The third-order valence-corrected chi connectivity index (χ3v) is 6.32. The van der Waals surface area contributed by atoms with Crippen LogP contribution in [0, 0.1) is 13.8 Å². The van der Waals surface area contributed by atoms with E-state index in [0.29, 0.717) is 39.4 Å². The fourth-order valence-corrected chi connectivity index (χ4v) is 4.61. The van der Waals surface area contributed by atoms with E-state index in [2.05, 4.69) is 10.6 Å². The summed E-state index contributed by atoms with van der Waals surface area (Å²) in [5.41, 5.74) is 0.666. The van der Waals surface area contributed by atoms with E-state index in [1.807, 2.05) is 31.7 Å². The Morgan fingerprint density at radius 1 is 1.37 bits per heavy atom. The lowest BCUT2D eigenvalue weighted by Crippen LogP contribution is -2.47. The molecule has 0 bridgehead atoms. The molecular formula is C19H29N3O4S. The number of rotatable bonds is 4. The minimum absolute atomic E-state index is 0.0496. The van der Waals surface area contributed by atoms with Crippen LogP contribution in [0.15, 0.2) is 6.07 Å². The molecule has 3 amide bonds. The van der Waals surface area contributed by atoms with Crippen LogP contribution in [0.2, 0.25) is 0 Å². The molecule has 2 fully saturated rings. The Labute approximate surface area is 164 Å². The number of hydrogen-bond donors (Lipinski definition) is 2. The fraction of sp³-hybridized carbons (Fsp3) is 0.684. The highest BCUT2D eigenvalue weighted by molar-refractivity contribution is 7.14. The number of thiophene rings is 1. The molecule has 27 heavy (non-hydrogen) atoms. The molecule has 7 nitrogen and oxygen atoms in total. The number of nitrogens with zero attached hydrogens (tertiary/aromatic N) is 1. The zero-order valence-corrected chi connectivity index (χ0v) is 17.1. The van der Waals surface area contributed by atoms with E-state index in [1.165, 1.54) is 4.88 Å². The molecule has 0 radical (unpaired) electrons. The van der Waals surface area contributed by atoms with Gasteiger partial charge in [0.25, 0.3) is 5.91 Å². The molecule has 1 aromatic rings. The van der Waals surface area contributed by atoms with Gasteiger partial charge in [-0.15, -0.1) is 11.3 Å². The first-order chi connectivity index (χ1) is 12.9. The van der Waals surface area contributed by atoms with Gasteiger partial charge in [0.1, 0.15) is 5.60 Å². The molecule has 2 aliphatic heterocycles. The SMILES string of the molecule is CCNC(=O)NC[C@@H]1CC[C@@]2(COCCN(C(=O)c3cc(C)c(C)s3)C2)O1. The van der Waals surface area contributed by atoms with E-state index >= 15 is 0 Å². The van der Waals surface area contributed by atoms with Crippen molar-refractivity contribution in [2.45, 2.75) is 45.3 Å². The predicted octanol–water partition coefficient (Wildman–Crippen LogP) is 2.07. The van der Waals surface area contributed by atoms with Crippen molar-refractivity contribution in [1.29, 1.82) is 0 Å². The van der Waals surface area contributed by atoms with Gasteiger partial charge in [-0.1, -0.05) is 0 Å². The van der Waals surface area contributed by atoms with Gasteiger partial charge >= 0.3 is 6.03 Å². The zero-order valence-electron chi connectivity index (χ0n) is 16.3. The second-order valence-electron chi connectivity index (χ2n) is 7.33. The Morgan fingerprint density at radius 3 is 2.89 bits per heavy atom. The van der Waals surface area contributed by atoms with E-state index in [0.717, 1.165) is 23.3 Å². The summed E-state index contributed by atoms with van der Waals surface area (Å²) in [6.07, 6.45) is 1.60. The van der Waals surface area contributed by atoms with Crippen LogP contribution in [0.3, 0.4) is 0 Å². The molecule has 0 unspecified atom stereocenters. The highest BCUT2D eigenvalue weighted by Crippen LogP contribution is 2.33. The number of hydrogen-bond acceptors (Lipinski definition) is 5. The Morgan fingerprint density at radius 2 is 2.19 bits per heavy atom. The maximum absolute atomic E-state index is 13.0. The number of ether oxygens (including phenoxy) is 2. The van der Waals surface area contributed by atoms with Gasteiger partial charge in [-0.3, -0.25) is 4.79 Å². The topological polar surface area (TPSA) is 79.9 Å². The van der Waals surface area contributed by atoms with E-state index in [1.54, 1.807) is 11.3 Å². The lowest BCUT2D eigenvalue weighted by molar-refractivity contribution is -0.0823. The first kappa shape index (κ1) is 20.1. The average Bonchev–Trinajstić information content (AvgIpc) is 3.11. The van der Waals surface area contributed by atoms with Crippen molar-refractivity contribution < 1.29 is 19.1 Å². The first-order valence-electron chi connectivity index (χ1n) is 9.56. The number of amides is 3. The molecular weight excluding hydrogens is 366 g/mol. The van der Waals surface area contributed by atoms with Crippen molar-refractivity contribution in [3.8, 4) is 0 Å². The standard InChI is InChI=1S/C19H29N3O4S/c1-4-20-18(24)21-10-15-5-6-19(26-15)11-22(7-8-25-12-19)17(23)16-9-13(2)14(3)27-16/h9,15H,4-8,10-12H2,1-3H3,(H2,20,21,24)/t15-,19+/m0/s1. The van der Waals surface area contributed by atoms with E-state index in [-0.39, 0.29) is 18.0 Å². The van der Waals surface area contributed by atoms with Crippen LogP contribution in [0.1, 0.15) is 39.9 Å². The van der Waals surface area contributed by atoms with E-state index in [4.69, 9.17) is 9.47 Å². The first-order valence-corrected chi connectivity index (χ1v) is 10.4. The number of carbonyl (C=O) groups excluding carboxylic acids is 2. The van der Waals surface area contributed by atoms with E-state index in [9.17, 15) is 9.59 Å². The van der Waals surface area contributed by atoms with Gasteiger partial charge in [0, 0.05) is 24.5 Å². The minimum Gasteiger partial charge on any atom is -0.377 e. The van der Waals surface area contributed by atoms with Crippen LogP contribution >= 0.6 is 11.3 Å². The molecule has 2 aliphatic rings. The molecule has 3 heterocycles. The predicted molar refractivity (Wildman–Crippen MR) is 104 cm³/mol. The Bertz CT molecular complexity index is 673. The average molecular weight is 396 g/mol. The van der Waals surface area contributed by atoms with Crippen LogP contribution in [0.25, 0.3) is 0 Å². The molecule has 1 spiro atoms. The molecule has 3 rings (SSSR count). The number of aryl methyl sites for hydroxylation is 2. The monoisotopic (exact) mass is 395 g/mol. The summed E-state index contributed by atoms with van der Waals surface area (Å²) in [6.45, 7) is 9.10. The lowest BCUT2D eigenvalue weighted by atomic mass is 10.00. The third-order valence-electron chi connectivity index (χ3n) is 5.18. The van der Waals surface area contributed by atoms with Gasteiger partial charge in [-0.05, 0) is 45.2 Å². The molecule has 0 aromatic carbocycles. The van der Waals surface area contributed by atoms with Crippen molar-refractivity contribution in [2.75, 3.05) is 39.4 Å². The van der Waals surface area contributed by atoms with Crippen molar-refractivity contribution in [2.24, 2.45) is 0 Å². The van der Waals surface area contributed by atoms with Crippen LogP contribution in [0.5, 0.6) is 0 Å². The molecule has 2 atom stereocenters. The number of carbonyl (C=O) groups is 2. The number of nitrogens with one attached hydrogen (secondary N) is 2. The van der Waals surface area contributed by atoms with Gasteiger partial charge in [0.2, 0.25) is 0 Å². The Balaban J connectivity index is 1.62. The zero-order chi connectivity index (χ0) is 19.4. The highest BCUT2D eigenvalue weighted by Gasteiger charge is 2.44. The normalized spacial score (nSPS) is 25.4. The fourth-order valence-electron chi connectivity index (χ4n) is 3.60. The van der Waals surface area contributed by atoms with Crippen molar-refractivity contribution in [1.82, 2.24) is 15.5 Å². The van der Waals surface area contributed by atoms with Gasteiger partial charge in [-0.2, -0.15) is 0 Å². The van der Waals surface area contributed by atoms with Crippen LogP contribution in [0.4, 0.5) is 4.79 Å². The van der Waals surface area contributed by atoms with E-state index < -0.39 is 5.60 Å². The van der Waals surface area contributed by atoms with Crippen LogP contribution in [-0.2, 0) is 9.47 Å². The Kier molecular flexibility index (Phi) is 6.39. The summed E-state index contributed by atoms with van der Waals surface area (Å²) < 4.78 is 12.1. The molecule has 150 valence electrons. The molecule has 8 heteroatoms. The van der Waals surface area contributed by atoms with Crippen LogP contribution < -0.4 is 10.6 Å². The summed E-state index contributed by atoms with van der Waals surface area (Å²) in [6, 6.07) is 1.79. The largest absolute Gasteiger partial charge is 0.377 e. The summed E-state index contributed by atoms with van der Waals surface area (Å²) in [5.74, 6) is 0.0496. The van der Waals surface area contributed by atoms with Gasteiger partial charge in [0.05, 0.1) is 30.7 Å². The summed E-state index contributed by atoms with van der Waals surface area (Å²) >= 11 is 1.54. The molecule has 0 saturated carbocycles. The second-order valence-corrected chi connectivity index (χ2v) is 8.59. The summed E-state index contributed by atoms with van der Waals surface area (Å²) in [7, 11) is 0. The van der Waals surface area contributed by atoms with Gasteiger partial charge in [0.15, 0.2) is 0 Å². The molecule has 2 saturated heterocycles. The van der Waals surface area contributed by atoms with Gasteiger partial charge in [-0.25, -0.2) is 4.79 Å². The van der Waals surface area contributed by atoms with Crippen molar-refractivity contribution >= 4 is 23.3 Å². The molecule has 2 N–H and O–H groups in total. The summed E-state index contributed by atoms with van der Waals surface area (Å²) in [5, 5.41) is 5.55. The van der Waals surface area contributed by atoms with Gasteiger partial charge < -0.3 is 25.0 Å². The highest BCUT2D eigenvalue weighted by atomic mass is 32.1. The quantitative estimate of drug-likeness (QED) is 0.818. The smallest absolute Gasteiger partial charge is 0.314 e. The Hall–Kier alpha value is -1.64. The molecule has 0 aliphatic carbocycles.